The Morgan fingerprint density at radius 3 is 2.92 bits per heavy atom. The van der Waals surface area contributed by atoms with Gasteiger partial charge in [-0.15, -0.1) is 12.3 Å². The molecule has 0 aromatic heterocycles. The molecule has 1 aromatic carbocycles. The third-order valence-corrected chi connectivity index (χ3v) is 2.18. The summed E-state index contributed by atoms with van der Waals surface area (Å²) in [5.74, 6) is 3.41. The van der Waals surface area contributed by atoms with E-state index in [1.54, 1.807) is 7.11 Å². The van der Waals surface area contributed by atoms with Gasteiger partial charge >= 0.3 is 0 Å². The summed E-state index contributed by atoms with van der Waals surface area (Å²) in [6.07, 6.45) is 5.83. The van der Waals surface area contributed by atoms with Crippen molar-refractivity contribution in [1.82, 2.24) is 0 Å². The van der Waals surface area contributed by atoms with E-state index in [0.29, 0.717) is 6.42 Å². The van der Waals surface area contributed by atoms with Crippen molar-refractivity contribution in [3.05, 3.63) is 28.2 Å². The van der Waals surface area contributed by atoms with E-state index in [-0.39, 0.29) is 0 Å². The van der Waals surface area contributed by atoms with E-state index < -0.39 is 0 Å². The van der Waals surface area contributed by atoms with E-state index in [0.717, 1.165) is 15.8 Å². The summed E-state index contributed by atoms with van der Waals surface area (Å²) >= 11 is 3.37. The molecule has 0 heterocycles. The summed E-state index contributed by atoms with van der Waals surface area (Å²) in [5, 5.41) is 0. The summed E-state index contributed by atoms with van der Waals surface area (Å²) in [6.45, 7) is 0. The van der Waals surface area contributed by atoms with Gasteiger partial charge in [0, 0.05) is 6.42 Å². The molecule has 0 unspecified atom stereocenters. The highest BCUT2D eigenvalue weighted by Gasteiger charge is 1.99. The molecule has 0 aliphatic rings. The van der Waals surface area contributed by atoms with Crippen LogP contribution >= 0.6 is 15.9 Å². The molecule has 0 aliphatic heterocycles. The van der Waals surface area contributed by atoms with Crippen LogP contribution in [0.3, 0.4) is 0 Å². The first-order chi connectivity index (χ1) is 5.77. The maximum atomic E-state index is 5.19. The Kier molecular flexibility index (Phi) is 3.19. The number of benzene rings is 1. The lowest BCUT2D eigenvalue weighted by molar-refractivity contribution is 0.411. The van der Waals surface area contributed by atoms with Gasteiger partial charge in [-0.25, -0.2) is 0 Å². The fourth-order valence-electron chi connectivity index (χ4n) is 0.932. The smallest absolute Gasteiger partial charge is 0.133 e. The monoisotopic (exact) mass is 224 g/mol. The van der Waals surface area contributed by atoms with E-state index in [9.17, 15) is 0 Å². The van der Waals surface area contributed by atoms with Crippen molar-refractivity contribution < 1.29 is 4.74 Å². The molecule has 0 spiro atoms. The van der Waals surface area contributed by atoms with Gasteiger partial charge in [0.1, 0.15) is 5.75 Å². The third-order valence-electron chi connectivity index (χ3n) is 1.52. The lowest BCUT2D eigenvalue weighted by Crippen LogP contribution is -1.87. The standard InChI is InChI=1S/C10H9BrO/c1-3-4-8-5-6-9(11)10(7-8)12-2/h1,5-7H,4H2,2H3. The van der Waals surface area contributed by atoms with Gasteiger partial charge in [0.15, 0.2) is 0 Å². The zero-order valence-electron chi connectivity index (χ0n) is 6.80. The van der Waals surface area contributed by atoms with Crippen molar-refractivity contribution in [3.8, 4) is 18.1 Å². The Hall–Kier alpha value is -0.940. The quantitative estimate of drug-likeness (QED) is 0.703. The molecule has 2 heteroatoms. The van der Waals surface area contributed by atoms with Crippen LogP contribution < -0.4 is 4.74 Å². The van der Waals surface area contributed by atoms with Crippen molar-refractivity contribution in [2.24, 2.45) is 0 Å². The first kappa shape index (κ1) is 9.15. The van der Waals surface area contributed by atoms with Gasteiger partial charge in [-0.3, -0.25) is 0 Å². The first-order valence-electron chi connectivity index (χ1n) is 3.54. The number of rotatable bonds is 2. The summed E-state index contributed by atoms with van der Waals surface area (Å²) < 4.78 is 6.07. The summed E-state index contributed by atoms with van der Waals surface area (Å²) in [6, 6.07) is 5.85. The number of halogens is 1. The van der Waals surface area contributed by atoms with E-state index in [1.165, 1.54) is 0 Å². The van der Waals surface area contributed by atoms with Crippen LogP contribution in [0.15, 0.2) is 22.7 Å². The molecule has 0 N–H and O–H groups in total. The normalized spacial score (nSPS) is 9.08. The molecular weight excluding hydrogens is 216 g/mol. The van der Waals surface area contributed by atoms with Crippen LogP contribution in [-0.4, -0.2) is 7.11 Å². The molecule has 0 radical (unpaired) electrons. The highest BCUT2D eigenvalue weighted by molar-refractivity contribution is 9.10. The first-order valence-corrected chi connectivity index (χ1v) is 4.33. The number of terminal acetylenes is 1. The van der Waals surface area contributed by atoms with Crippen molar-refractivity contribution in [3.63, 3.8) is 0 Å². The second-order valence-electron chi connectivity index (χ2n) is 2.35. The van der Waals surface area contributed by atoms with Gasteiger partial charge in [0.25, 0.3) is 0 Å². The largest absolute Gasteiger partial charge is 0.496 e. The van der Waals surface area contributed by atoms with Crippen LogP contribution in [0.5, 0.6) is 5.75 Å². The molecule has 0 atom stereocenters. The number of ether oxygens (including phenoxy) is 1. The Balaban J connectivity index is 2.98. The predicted molar refractivity (Wildman–Crippen MR) is 53.2 cm³/mol. The van der Waals surface area contributed by atoms with E-state index in [1.807, 2.05) is 18.2 Å². The Bertz CT molecular complexity index is 312. The average Bonchev–Trinajstić information content (AvgIpc) is 2.09. The fraction of sp³-hybridized carbons (Fsp3) is 0.200. The van der Waals surface area contributed by atoms with Crippen LogP contribution in [0.1, 0.15) is 5.56 Å². The van der Waals surface area contributed by atoms with Crippen molar-refractivity contribution in [2.45, 2.75) is 6.42 Å². The van der Waals surface area contributed by atoms with E-state index in [4.69, 9.17) is 11.2 Å². The number of hydrogen-bond acceptors (Lipinski definition) is 1. The predicted octanol–water partition coefficient (Wildman–Crippen LogP) is 2.63. The van der Waals surface area contributed by atoms with Crippen molar-refractivity contribution in [2.75, 3.05) is 7.11 Å². The highest BCUT2D eigenvalue weighted by atomic mass is 79.9. The Morgan fingerprint density at radius 2 is 2.33 bits per heavy atom. The van der Waals surface area contributed by atoms with Gasteiger partial charge in [0.05, 0.1) is 11.6 Å². The molecule has 0 saturated carbocycles. The van der Waals surface area contributed by atoms with Gasteiger partial charge in [0.2, 0.25) is 0 Å². The van der Waals surface area contributed by atoms with Gasteiger partial charge in [-0.05, 0) is 33.6 Å². The minimum absolute atomic E-state index is 0.643. The molecule has 62 valence electrons. The SMILES string of the molecule is C#CCc1ccc(Br)c(OC)c1. The molecular formula is C10H9BrO. The second kappa shape index (κ2) is 4.18. The second-order valence-corrected chi connectivity index (χ2v) is 3.20. The summed E-state index contributed by atoms with van der Waals surface area (Å²) in [5.41, 5.74) is 1.09. The Labute approximate surface area is 80.9 Å². The molecule has 0 fully saturated rings. The third kappa shape index (κ3) is 2.02. The minimum atomic E-state index is 0.643. The van der Waals surface area contributed by atoms with Gasteiger partial charge in [-0.1, -0.05) is 6.07 Å². The summed E-state index contributed by atoms with van der Waals surface area (Å²) in [7, 11) is 1.64. The van der Waals surface area contributed by atoms with Gasteiger partial charge in [-0.2, -0.15) is 0 Å². The topological polar surface area (TPSA) is 9.23 Å². The average molecular weight is 225 g/mol. The fourth-order valence-corrected chi connectivity index (χ4v) is 1.34. The molecule has 1 aromatic rings. The summed E-state index contributed by atoms with van der Waals surface area (Å²) in [4.78, 5) is 0. The van der Waals surface area contributed by atoms with Crippen LogP contribution in [0, 0.1) is 12.3 Å². The molecule has 0 amide bonds. The lowest BCUT2D eigenvalue weighted by Gasteiger charge is -2.03. The van der Waals surface area contributed by atoms with Crippen molar-refractivity contribution in [1.29, 1.82) is 0 Å². The van der Waals surface area contributed by atoms with E-state index in [2.05, 4.69) is 21.9 Å². The van der Waals surface area contributed by atoms with Gasteiger partial charge < -0.3 is 4.74 Å². The molecule has 1 nitrogen and oxygen atoms in total. The number of methoxy groups -OCH3 is 1. The zero-order valence-corrected chi connectivity index (χ0v) is 8.39. The maximum absolute atomic E-state index is 5.19. The molecule has 0 saturated heterocycles. The van der Waals surface area contributed by atoms with Crippen LogP contribution in [-0.2, 0) is 6.42 Å². The van der Waals surface area contributed by atoms with Crippen LogP contribution in [0.2, 0.25) is 0 Å². The molecule has 1 rings (SSSR count). The lowest BCUT2D eigenvalue weighted by atomic mass is 10.1. The number of hydrogen-bond donors (Lipinski definition) is 0. The maximum Gasteiger partial charge on any atom is 0.133 e. The van der Waals surface area contributed by atoms with Crippen molar-refractivity contribution >= 4 is 15.9 Å². The highest BCUT2D eigenvalue weighted by Crippen LogP contribution is 2.25. The van der Waals surface area contributed by atoms with Crippen LogP contribution in [0.4, 0.5) is 0 Å². The minimum Gasteiger partial charge on any atom is -0.496 e. The Morgan fingerprint density at radius 1 is 1.58 bits per heavy atom. The van der Waals surface area contributed by atoms with E-state index >= 15 is 0 Å². The molecule has 12 heavy (non-hydrogen) atoms. The van der Waals surface area contributed by atoms with Crippen LogP contribution in [0.25, 0.3) is 0 Å². The zero-order chi connectivity index (χ0) is 8.97. The molecule has 0 bridgehead atoms. The molecule has 0 aliphatic carbocycles.